The van der Waals surface area contributed by atoms with E-state index in [4.69, 9.17) is 9.47 Å². The molecular weight excluding hydrogens is 756 g/mol. The first-order valence-electron chi connectivity index (χ1n) is 18.4. The van der Waals surface area contributed by atoms with Gasteiger partial charge >= 0.3 is 5.97 Å². The van der Waals surface area contributed by atoms with Gasteiger partial charge in [-0.1, -0.05) is 89.6 Å². The van der Waals surface area contributed by atoms with Crippen molar-refractivity contribution in [1.29, 1.82) is 0 Å². The molecule has 3 saturated heterocycles. The van der Waals surface area contributed by atoms with Gasteiger partial charge in [-0.2, -0.15) is 0 Å². The number of carbonyl (C=O) groups is 4. The Morgan fingerprint density at radius 2 is 1.81 bits per heavy atom. The Morgan fingerprint density at radius 1 is 1.11 bits per heavy atom. The third-order valence-corrected chi connectivity index (χ3v) is 12.2. The molecule has 2 bridgehead atoms. The number of likely N-dealkylation sites (N-methyl/N-ethyl adjacent to an activating group) is 1. The lowest BCUT2D eigenvalue weighted by Gasteiger charge is -2.40. The highest BCUT2D eigenvalue weighted by atomic mass is 79.9. The van der Waals surface area contributed by atoms with Crippen LogP contribution in [0.25, 0.3) is 11.0 Å². The number of hydrogen-bond acceptors (Lipinski definition) is 9. The fourth-order valence-corrected chi connectivity index (χ4v) is 9.39. The molecule has 14 heteroatoms. The number of rotatable bonds is 16. The molecule has 1 spiro atoms. The van der Waals surface area contributed by atoms with Gasteiger partial charge in [-0.05, 0) is 43.4 Å². The summed E-state index contributed by atoms with van der Waals surface area (Å²) in [5.74, 6) is -4.04. The number of aliphatic hydroxyl groups is 1. The monoisotopic (exact) mass is 804 g/mol. The Bertz CT molecular complexity index is 1890. The van der Waals surface area contributed by atoms with Crippen molar-refractivity contribution in [3.63, 3.8) is 0 Å². The molecule has 13 nitrogen and oxygen atoms in total. The van der Waals surface area contributed by atoms with E-state index in [0.717, 1.165) is 5.52 Å². The van der Waals surface area contributed by atoms with Crippen molar-refractivity contribution < 1.29 is 33.8 Å². The number of aromatic nitrogens is 3. The molecule has 3 aliphatic rings. The van der Waals surface area contributed by atoms with Crippen molar-refractivity contribution in [3.8, 4) is 0 Å². The second-order valence-electron chi connectivity index (χ2n) is 14.8. The summed E-state index contributed by atoms with van der Waals surface area (Å²) >= 11 is 3.75. The molecule has 3 fully saturated rings. The fraction of sp³-hybridized carbons (Fsp3) is 0.500. The summed E-state index contributed by atoms with van der Waals surface area (Å²) in [6.45, 7) is 12.9. The maximum absolute atomic E-state index is 15.1. The van der Waals surface area contributed by atoms with Gasteiger partial charge in [0.25, 0.3) is 0 Å². The molecular formula is C40H49BrN6O7. The number of likely N-dealkylation sites (tertiary alicyclic amines) is 1. The van der Waals surface area contributed by atoms with Crippen molar-refractivity contribution in [2.24, 2.45) is 17.8 Å². The molecule has 0 radical (unpaired) electrons. The number of aliphatic hydroxyl groups excluding tert-OH is 1. The number of para-hydroxylation sites is 1. The van der Waals surface area contributed by atoms with Crippen molar-refractivity contribution in [3.05, 3.63) is 85.5 Å². The van der Waals surface area contributed by atoms with E-state index in [0.29, 0.717) is 17.5 Å². The molecule has 288 valence electrons. The minimum Gasteiger partial charge on any atom is -0.455 e. The normalized spacial score (nSPS) is 26.0. The van der Waals surface area contributed by atoms with E-state index in [2.05, 4.69) is 39.4 Å². The Hall–Kier alpha value is -4.40. The van der Waals surface area contributed by atoms with Gasteiger partial charge in [0, 0.05) is 24.8 Å². The first kappa shape index (κ1) is 39.3. The van der Waals surface area contributed by atoms with Crippen LogP contribution in [-0.4, -0.2) is 113 Å². The highest BCUT2D eigenvalue weighted by molar-refractivity contribution is 9.09. The standard InChI is InChI=1S/C40H49BrN6O7/c1-7-9-19-31(49)44(6)25(5)34(26-15-11-10-12-16-26)53-39(52)32-33-37(50)47(30(22-48)24(3)4)36(40(33)21-27(41)35(32)54-40)38(51)45(20-8-2)23-46-29-18-14-13-17-28(29)42-43-46/h7-8,10-18,24-25,27,30,32-36,48H,1-2,9,19-23H2,3-6H3/t25-,27?,30-,32-,33+,34+,35-,36-,40+/m0/s1. The first-order valence-corrected chi connectivity index (χ1v) is 19.4. The van der Waals surface area contributed by atoms with Crippen molar-refractivity contribution >= 4 is 50.7 Å². The summed E-state index contributed by atoms with van der Waals surface area (Å²) in [6, 6.07) is 14.1. The van der Waals surface area contributed by atoms with Crippen LogP contribution < -0.4 is 0 Å². The number of ether oxygens (including phenoxy) is 2. The van der Waals surface area contributed by atoms with Gasteiger partial charge in [-0.15, -0.1) is 18.3 Å². The zero-order valence-electron chi connectivity index (χ0n) is 31.2. The summed E-state index contributed by atoms with van der Waals surface area (Å²) in [5, 5.41) is 19.3. The molecule has 54 heavy (non-hydrogen) atoms. The minimum absolute atomic E-state index is 0.0123. The zero-order valence-corrected chi connectivity index (χ0v) is 32.7. The van der Waals surface area contributed by atoms with E-state index in [9.17, 15) is 19.5 Å². The van der Waals surface area contributed by atoms with E-state index in [1.54, 1.807) is 33.7 Å². The zero-order chi connectivity index (χ0) is 38.9. The predicted octanol–water partition coefficient (Wildman–Crippen LogP) is 4.27. The third kappa shape index (κ3) is 6.88. The average Bonchev–Trinajstić information content (AvgIpc) is 3.89. The van der Waals surface area contributed by atoms with Gasteiger partial charge in [0.15, 0.2) is 0 Å². The summed E-state index contributed by atoms with van der Waals surface area (Å²) < 4.78 is 14.8. The molecule has 1 unspecified atom stereocenters. The SMILES string of the molecule is C=CCCC(=O)N(C)[C@@H](C)[C@@H](OC(=O)[C@@H]1[C@H]2O[C@@]3(CC2Br)[C@H](C(=O)N(CC=C)Cn2nnc4ccccc42)N([C@@H](CO)C(C)C)C(=O)[C@@H]13)c1ccccc1. The quantitative estimate of drug-likeness (QED) is 0.128. The molecule has 1 N–H and O–H groups in total. The van der Waals surface area contributed by atoms with Crippen LogP contribution in [0.5, 0.6) is 0 Å². The van der Waals surface area contributed by atoms with E-state index in [1.165, 1.54) is 4.90 Å². The summed E-state index contributed by atoms with van der Waals surface area (Å²) in [4.78, 5) is 61.9. The molecule has 0 aliphatic carbocycles. The van der Waals surface area contributed by atoms with Crippen LogP contribution in [0.2, 0.25) is 0 Å². The van der Waals surface area contributed by atoms with Crippen LogP contribution in [0.15, 0.2) is 79.9 Å². The smallest absolute Gasteiger partial charge is 0.313 e. The molecule has 4 heterocycles. The Balaban J connectivity index is 1.37. The van der Waals surface area contributed by atoms with E-state index < -0.39 is 72.2 Å². The maximum Gasteiger partial charge on any atom is 0.313 e. The van der Waals surface area contributed by atoms with Crippen LogP contribution >= 0.6 is 15.9 Å². The molecule has 2 aromatic carbocycles. The molecule has 1 aromatic heterocycles. The third-order valence-electron chi connectivity index (χ3n) is 11.3. The lowest BCUT2D eigenvalue weighted by Crippen LogP contribution is -2.60. The average molecular weight is 806 g/mol. The molecule has 0 saturated carbocycles. The van der Waals surface area contributed by atoms with Gasteiger partial charge < -0.3 is 29.3 Å². The Morgan fingerprint density at radius 3 is 2.48 bits per heavy atom. The molecule has 6 rings (SSSR count). The van der Waals surface area contributed by atoms with Crippen LogP contribution in [0.3, 0.4) is 0 Å². The number of halogens is 1. The van der Waals surface area contributed by atoms with Crippen molar-refractivity contribution in [2.75, 3.05) is 20.2 Å². The maximum atomic E-state index is 15.1. The van der Waals surface area contributed by atoms with Gasteiger partial charge in [0.2, 0.25) is 17.7 Å². The number of benzene rings is 2. The molecule has 3 amide bonds. The van der Waals surface area contributed by atoms with Crippen LogP contribution in [-0.2, 0) is 35.3 Å². The van der Waals surface area contributed by atoms with E-state index >= 15 is 4.79 Å². The fourth-order valence-electron chi connectivity index (χ4n) is 8.45. The predicted molar refractivity (Wildman–Crippen MR) is 205 cm³/mol. The molecule has 3 aromatic rings. The number of allylic oxidation sites excluding steroid dienone is 1. The van der Waals surface area contributed by atoms with Gasteiger partial charge in [0.1, 0.15) is 29.9 Å². The second-order valence-corrected chi connectivity index (χ2v) is 16.0. The first-order chi connectivity index (χ1) is 25.9. The van der Waals surface area contributed by atoms with Gasteiger partial charge in [0.05, 0.1) is 42.1 Å². The van der Waals surface area contributed by atoms with Crippen molar-refractivity contribution in [1.82, 2.24) is 29.7 Å². The topological polar surface area (TPSA) is 147 Å². The highest BCUT2D eigenvalue weighted by Gasteiger charge is 2.77. The second kappa shape index (κ2) is 16.1. The summed E-state index contributed by atoms with van der Waals surface area (Å²) in [5.41, 5.74) is 0.663. The highest BCUT2D eigenvalue weighted by Crippen LogP contribution is 2.61. The van der Waals surface area contributed by atoms with Crippen LogP contribution in [0, 0.1) is 17.8 Å². The number of amides is 3. The van der Waals surface area contributed by atoms with E-state index in [-0.39, 0.29) is 42.7 Å². The number of esters is 1. The summed E-state index contributed by atoms with van der Waals surface area (Å²) in [6.07, 6.45) is 2.67. The lowest BCUT2D eigenvalue weighted by atomic mass is 9.70. The number of hydrogen-bond donors (Lipinski definition) is 1. The largest absolute Gasteiger partial charge is 0.455 e. The summed E-state index contributed by atoms with van der Waals surface area (Å²) in [7, 11) is 1.68. The van der Waals surface area contributed by atoms with Crippen LogP contribution in [0.1, 0.15) is 51.7 Å². The number of carbonyl (C=O) groups excluding carboxylic acids is 4. The Kier molecular flexibility index (Phi) is 11.7. The van der Waals surface area contributed by atoms with Crippen molar-refractivity contribution in [2.45, 2.75) is 87.5 Å². The van der Waals surface area contributed by atoms with Crippen LogP contribution in [0.4, 0.5) is 0 Å². The Labute approximate surface area is 324 Å². The minimum atomic E-state index is -1.41. The van der Waals surface area contributed by atoms with Gasteiger partial charge in [-0.25, -0.2) is 4.68 Å². The number of alkyl halides is 1. The molecule has 3 aliphatic heterocycles. The number of fused-ring (bicyclic) bond motifs is 2. The molecule has 9 atom stereocenters. The lowest BCUT2D eigenvalue weighted by molar-refractivity contribution is -0.165. The van der Waals surface area contributed by atoms with Gasteiger partial charge in [-0.3, -0.25) is 19.2 Å². The van der Waals surface area contributed by atoms with E-state index in [1.807, 2.05) is 75.4 Å². The number of nitrogens with zero attached hydrogens (tertiary/aromatic N) is 6.